The number of aliphatic imine (C=N–C) groups is 1. The Morgan fingerprint density at radius 2 is 1.84 bits per heavy atom. The van der Waals surface area contributed by atoms with E-state index in [0.717, 1.165) is 12.1 Å². The first-order valence-electron chi connectivity index (χ1n) is 8.54. The van der Waals surface area contributed by atoms with Crippen molar-refractivity contribution in [3.05, 3.63) is 75.1 Å². The summed E-state index contributed by atoms with van der Waals surface area (Å²) in [6, 6.07) is 9.37. The molecule has 0 unspecified atom stereocenters. The van der Waals surface area contributed by atoms with E-state index >= 15 is 0 Å². The topological polar surface area (TPSA) is 82.2 Å². The van der Waals surface area contributed by atoms with E-state index in [2.05, 4.69) is 20.7 Å². The first-order valence-corrected chi connectivity index (χ1v) is 9.29. The van der Waals surface area contributed by atoms with Gasteiger partial charge in [0, 0.05) is 26.9 Å². The third-order valence-electron chi connectivity index (χ3n) is 3.94. The Kier molecular flexibility index (Phi) is 6.51. The maximum Gasteiger partial charge on any atom is 0.433 e. The smallest absolute Gasteiger partial charge is 0.325 e. The van der Waals surface area contributed by atoms with Crippen LogP contribution in [0.25, 0.3) is 0 Å². The predicted octanol–water partition coefficient (Wildman–Crippen LogP) is 5.90. The number of hydrogen-bond acceptors (Lipinski definition) is 2. The predicted molar refractivity (Wildman–Crippen MR) is 110 cm³/mol. The number of hydrogen-bond donors (Lipinski definition) is 3. The second-order valence-corrected chi connectivity index (χ2v) is 7.13. The molecule has 0 spiro atoms. The van der Waals surface area contributed by atoms with Gasteiger partial charge in [0.1, 0.15) is 11.5 Å². The number of aromatic nitrogens is 2. The fourth-order valence-electron chi connectivity index (χ4n) is 2.55. The number of carbonyl (C=O) groups is 1. The Labute approximate surface area is 183 Å². The van der Waals surface area contributed by atoms with Crippen LogP contribution in [0.2, 0.25) is 10.0 Å². The Balaban J connectivity index is 1.98. The van der Waals surface area contributed by atoms with Crippen molar-refractivity contribution in [2.24, 2.45) is 4.99 Å². The molecule has 0 saturated carbocycles. The molecule has 31 heavy (non-hydrogen) atoms. The molecule has 162 valence electrons. The lowest BCUT2D eigenvalue weighted by atomic mass is 10.2. The summed E-state index contributed by atoms with van der Waals surface area (Å²) in [5.74, 6) is -1.98. The number of rotatable bonds is 3. The molecule has 3 N–H and O–H groups in total. The van der Waals surface area contributed by atoms with Crippen LogP contribution in [0, 0.1) is 12.7 Å². The van der Waals surface area contributed by atoms with Crippen LogP contribution in [0.5, 0.6) is 0 Å². The molecule has 0 saturated heterocycles. The highest BCUT2D eigenvalue weighted by molar-refractivity contribution is 6.31. The first-order chi connectivity index (χ1) is 14.5. The van der Waals surface area contributed by atoms with Gasteiger partial charge in [-0.3, -0.25) is 9.89 Å². The van der Waals surface area contributed by atoms with E-state index in [0.29, 0.717) is 5.02 Å². The van der Waals surface area contributed by atoms with E-state index in [1.54, 1.807) is 6.07 Å². The highest BCUT2D eigenvalue weighted by Gasteiger charge is 2.36. The summed E-state index contributed by atoms with van der Waals surface area (Å²) in [6.07, 6.45) is -4.66. The molecule has 0 atom stereocenters. The number of carbonyl (C=O) groups excluding carboxylic acids is 1. The van der Waals surface area contributed by atoms with E-state index in [9.17, 15) is 22.4 Å². The zero-order valence-corrected chi connectivity index (χ0v) is 17.1. The molecule has 6 nitrogen and oxygen atoms in total. The zero-order valence-electron chi connectivity index (χ0n) is 15.6. The maximum absolute atomic E-state index is 13.7. The van der Waals surface area contributed by atoms with Gasteiger partial charge in [-0.05, 0) is 43.3 Å². The highest BCUT2D eigenvalue weighted by atomic mass is 35.5. The lowest BCUT2D eigenvalue weighted by Gasteiger charge is -2.12. The van der Waals surface area contributed by atoms with Crippen molar-refractivity contribution in [3.8, 4) is 0 Å². The van der Waals surface area contributed by atoms with Crippen LogP contribution in [0.3, 0.4) is 0 Å². The van der Waals surface area contributed by atoms with Gasteiger partial charge in [0.15, 0.2) is 5.82 Å². The van der Waals surface area contributed by atoms with Crippen LogP contribution < -0.4 is 10.6 Å². The second kappa shape index (κ2) is 8.94. The summed E-state index contributed by atoms with van der Waals surface area (Å²) < 4.78 is 52.8. The van der Waals surface area contributed by atoms with E-state index in [1.165, 1.54) is 31.2 Å². The van der Waals surface area contributed by atoms with Crippen LogP contribution in [-0.4, -0.2) is 22.1 Å². The summed E-state index contributed by atoms with van der Waals surface area (Å²) in [5, 5.41) is 11.0. The van der Waals surface area contributed by atoms with Crippen molar-refractivity contribution >= 4 is 46.6 Å². The van der Waals surface area contributed by atoms with Crippen molar-refractivity contribution in [1.29, 1.82) is 0 Å². The maximum atomic E-state index is 13.7. The van der Waals surface area contributed by atoms with Crippen LogP contribution in [0.15, 0.2) is 47.5 Å². The first kappa shape index (κ1) is 22.6. The number of anilines is 2. The minimum atomic E-state index is -4.66. The van der Waals surface area contributed by atoms with Crippen LogP contribution in [0.1, 0.15) is 21.6 Å². The average Bonchev–Trinajstić information content (AvgIpc) is 3.01. The normalized spacial score (nSPS) is 12.0. The minimum Gasteiger partial charge on any atom is -0.325 e. The Bertz CT molecular complexity index is 1140. The van der Waals surface area contributed by atoms with E-state index in [-0.39, 0.29) is 33.6 Å². The Morgan fingerprint density at radius 3 is 2.45 bits per heavy atom. The van der Waals surface area contributed by atoms with E-state index < -0.39 is 23.6 Å². The number of guanidine groups is 1. The number of nitrogens with one attached hydrogen (secondary N) is 3. The molecule has 2 aromatic carbocycles. The summed E-state index contributed by atoms with van der Waals surface area (Å²) in [5.41, 5.74) is -1.10. The number of amides is 1. The molecular weight excluding hydrogens is 461 g/mol. The molecule has 1 heterocycles. The van der Waals surface area contributed by atoms with Crippen molar-refractivity contribution < 1.29 is 22.4 Å². The lowest BCUT2D eigenvalue weighted by Crippen LogP contribution is -2.24. The van der Waals surface area contributed by atoms with Gasteiger partial charge in [-0.25, -0.2) is 4.39 Å². The van der Waals surface area contributed by atoms with Crippen molar-refractivity contribution in [2.45, 2.75) is 13.1 Å². The van der Waals surface area contributed by atoms with Crippen LogP contribution in [0.4, 0.5) is 29.1 Å². The average molecular weight is 474 g/mol. The van der Waals surface area contributed by atoms with Gasteiger partial charge >= 0.3 is 6.18 Å². The molecule has 1 amide bonds. The summed E-state index contributed by atoms with van der Waals surface area (Å²) in [7, 11) is 0. The standard InChI is InChI=1S/C19H13Cl2F4N5O/c1-9-15(19(23,24)25)29-30-16(9)27-18(26-14-7-12(21)6-13(22)8-14)28-17(31)10-3-2-4-11(20)5-10/h2-8H,1H3,(H3,26,27,28,29,30,31). The van der Waals surface area contributed by atoms with E-state index in [1.807, 2.05) is 5.10 Å². The molecule has 1 aromatic heterocycles. The fourth-order valence-corrected chi connectivity index (χ4v) is 2.96. The van der Waals surface area contributed by atoms with Crippen molar-refractivity contribution in [1.82, 2.24) is 10.2 Å². The molecule has 12 heteroatoms. The molecule has 0 fully saturated rings. The quantitative estimate of drug-likeness (QED) is 0.251. The minimum absolute atomic E-state index is 0.0540. The molecule has 3 rings (SSSR count). The Hall–Kier alpha value is -3.11. The third-order valence-corrected chi connectivity index (χ3v) is 4.39. The number of alkyl halides is 3. The van der Waals surface area contributed by atoms with Gasteiger partial charge in [-0.1, -0.05) is 29.3 Å². The number of aromatic amines is 1. The second-order valence-electron chi connectivity index (χ2n) is 6.25. The van der Waals surface area contributed by atoms with Crippen LogP contribution in [-0.2, 0) is 6.18 Å². The van der Waals surface area contributed by atoms with Crippen molar-refractivity contribution in [3.63, 3.8) is 0 Å². The monoisotopic (exact) mass is 473 g/mol. The SMILES string of the molecule is Cc1c(N/C(=N\C(=O)c2cccc(Cl)c2)Nc2cc(F)cc(Cl)c2)n[nH]c1C(F)(F)F. The number of H-pyrrole nitrogens is 1. The number of halogens is 6. The van der Waals surface area contributed by atoms with Gasteiger partial charge in [0.2, 0.25) is 5.96 Å². The molecule has 3 aromatic rings. The molecule has 0 radical (unpaired) electrons. The van der Waals surface area contributed by atoms with Gasteiger partial charge in [0.05, 0.1) is 0 Å². The molecular formula is C19H13Cl2F4N5O. The van der Waals surface area contributed by atoms with Gasteiger partial charge in [-0.15, -0.1) is 0 Å². The largest absolute Gasteiger partial charge is 0.433 e. The number of nitrogens with zero attached hydrogens (tertiary/aromatic N) is 2. The third kappa shape index (κ3) is 5.74. The molecule has 0 aliphatic heterocycles. The Morgan fingerprint density at radius 1 is 1.10 bits per heavy atom. The van der Waals surface area contributed by atoms with Gasteiger partial charge < -0.3 is 10.6 Å². The summed E-state index contributed by atoms with van der Waals surface area (Å²) in [6.45, 7) is 1.18. The van der Waals surface area contributed by atoms with Crippen molar-refractivity contribution in [2.75, 3.05) is 10.6 Å². The molecule has 0 aliphatic rings. The summed E-state index contributed by atoms with van der Waals surface area (Å²) >= 11 is 11.7. The van der Waals surface area contributed by atoms with E-state index in [4.69, 9.17) is 23.2 Å². The number of benzene rings is 2. The molecule has 0 bridgehead atoms. The van der Waals surface area contributed by atoms with Gasteiger partial charge in [-0.2, -0.15) is 23.3 Å². The highest BCUT2D eigenvalue weighted by Crippen LogP contribution is 2.32. The lowest BCUT2D eigenvalue weighted by molar-refractivity contribution is -0.141. The van der Waals surface area contributed by atoms with Gasteiger partial charge in [0.25, 0.3) is 5.91 Å². The van der Waals surface area contributed by atoms with Crippen LogP contribution >= 0.6 is 23.2 Å². The fraction of sp³-hybridized carbons (Fsp3) is 0.105. The zero-order chi connectivity index (χ0) is 22.8. The molecule has 0 aliphatic carbocycles. The summed E-state index contributed by atoms with van der Waals surface area (Å²) in [4.78, 5) is 16.4.